The number of aryl methyl sites for hydroxylation is 1. The summed E-state index contributed by atoms with van der Waals surface area (Å²) < 4.78 is 17.3. The summed E-state index contributed by atoms with van der Waals surface area (Å²) in [4.78, 5) is 8.78. The molecule has 2 heterocycles. The standard InChI is InChI=1S/C22H24N4O3.HI/c1-15-7-9-16(10-8-15)21-26-17(13-28-21)11-24-22(23-2)25-12-18-14-27-19-5-3-4-6-20(19)29-18;/h3-10,13,18H,11-12,14H2,1-2H3,(H2,23,24,25);1H. The van der Waals surface area contributed by atoms with E-state index in [1.165, 1.54) is 5.56 Å². The smallest absolute Gasteiger partial charge is 0.226 e. The molecule has 0 saturated carbocycles. The van der Waals surface area contributed by atoms with Crippen molar-refractivity contribution >= 4 is 29.9 Å². The molecule has 2 N–H and O–H groups in total. The number of nitrogens with one attached hydrogen (secondary N) is 2. The normalized spacial score (nSPS) is 15.3. The number of halogens is 1. The summed E-state index contributed by atoms with van der Waals surface area (Å²) in [5.74, 6) is 2.81. The van der Waals surface area contributed by atoms with E-state index in [0.717, 1.165) is 22.8 Å². The SMILES string of the molecule is CN=C(NCc1coc(-c2ccc(C)cc2)n1)NCC1COc2ccccc2O1.I. The third-order valence-corrected chi connectivity index (χ3v) is 4.58. The number of para-hydroxylation sites is 2. The van der Waals surface area contributed by atoms with Crippen LogP contribution in [0.3, 0.4) is 0 Å². The maximum atomic E-state index is 5.95. The zero-order valence-corrected chi connectivity index (χ0v) is 19.3. The van der Waals surface area contributed by atoms with Crippen LogP contribution in [0.15, 0.2) is 64.2 Å². The fourth-order valence-corrected chi connectivity index (χ4v) is 2.99. The predicted octanol–water partition coefficient (Wildman–Crippen LogP) is 3.77. The largest absolute Gasteiger partial charge is 0.486 e. The van der Waals surface area contributed by atoms with Gasteiger partial charge in [-0.25, -0.2) is 4.98 Å². The second-order valence-corrected chi connectivity index (χ2v) is 6.81. The molecule has 0 amide bonds. The molecular weight excluding hydrogens is 495 g/mol. The van der Waals surface area contributed by atoms with Crippen LogP contribution < -0.4 is 20.1 Å². The average molecular weight is 520 g/mol. The Morgan fingerprint density at radius 3 is 2.63 bits per heavy atom. The van der Waals surface area contributed by atoms with Gasteiger partial charge in [-0.15, -0.1) is 24.0 Å². The summed E-state index contributed by atoms with van der Waals surface area (Å²) in [5, 5.41) is 6.50. The molecule has 0 bridgehead atoms. The Morgan fingerprint density at radius 1 is 1.10 bits per heavy atom. The Kier molecular flexibility index (Phi) is 7.56. The van der Waals surface area contributed by atoms with Crippen LogP contribution in [0.5, 0.6) is 11.5 Å². The molecule has 3 aromatic rings. The summed E-state index contributed by atoms with van der Waals surface area (Å²) in [6.45, 7) is 3.61. The Labute approximate surface area is 192 Å². The minimum Gasteiger partial charge on any atom is -0.486 e. The van der Waals surface area contributed by atoms with E-state index in [1.807, 2.05) is 48.5 Å². The number of guanidine groups is 1. The summed E-state index contributed by atoms with van der Waals surface area (Å²) in [7, 11) is 1.73. The number of ether oxygens (including phenoxy) is 2. The molecule has 0 saturated heterocycles. The lowest BCUT2D eigenvalue weighted by Crippen LogP contribution is -2.45. The Morgan fingerprint density at radius 2 is 1.87 bits per heavy atom. The van der Waals surface area contributed by atoms with E-state index in [1.54, 1.807) is 13.3 Å². The minimum absolute atomic E-state index is 0. The fourth-order valence-electron chi connectivity index (χ4n) is 2.99. The Hall–Kier alpha value is -2.75. The average Bonchev–Trinajstić information content (AvgIpc) is 3.23. The number of fused-ring (bicyclic) bond motifs is 1. The topological polar surface area (TPSA) is 80.9 Å². The maximum absolute atomic E-state index is 5.95. The van der Waals surface area contributed by atoms with E-state index in [4.69, 9.17) is 13.9 Å². The minimum atomic E-state index is -0.0939. The van der Waals surface area contributed by atoms with Crippen molar-refractivity contribution in [2.45, 2.75) is 19.6 Å². The van der Waals surface area contributed by atoms with Gasteiger partial charge in [0.25, 0.3) is 0 Å². The lowest BCUT2D eigenvalue weighted by Gasteiger charge is -2.27. The summed E-state index contributed by atoms with van der Waals surface area (Å²) in [5.41, 5.74) is 2.96. The fraction of sp³-hybridized carbons (Fsp3) is 0.273. The second-order valence-electron chi connectivity index (χ2n) is 6.81. The summed E-state index contributed by atoms with van der Waals surface area (Å²) in [6, 6.07) is 15.8. The van der Waals surface area contributed by atoms with Crippen LogP contribution >= 0.6 is 24.0 Å². The van der Waals surface area contributed by atoms with Crippen LogP contribution in [0.25, 0.3) is 11.5 Å². The van der Waals surface area contributed by atoms with Gasteiger partial charge in [-0.05, 0) is 31.2 Å². The van der Waals surface area contributed by atoms with Crippen LogP contribution in [0.1, 0.15) is 11.3 Å². The number of aliphatic imine (C=N–C) groups is 1. The number of hydrogen-bond acceptors (Lipinski definition) is 5. The highest BCUT2D eigenvalue weighted by Crippen LogP contribution is 2.30. The molecular formula is C22H25IN4O3. The van der Waals surface area contributed by atoms with Crippen molar-refractivity contribution in [2.75, 3.05) is 20.2 Å². The zero-order valence-electron chi connectivity index (χ0n) is 16.9. The van der Waals surface area contributed by atoms with E-state index in [9.17, 15) is 0 Å². The van der Waals surface area contributed by atoms with Crippen LogP contribution in [0, 0.1) is 6.92 Å². The third kappa shape index (κ3) is 5.44. The van der Waals surface area contributed by atoms with E-state index in [0.29, 0.717) is 31.5 Å². The van der Waals surface area contributed by atoms with Crippen molar-refractivity contribution in [3.63, 3.8) is 0 Å². The first-order chi connectivity index (χ1) is 14.2. The van der Waals surface area contributed by atoms with Crippen molar-refractivity contribution in [3.05, 3.63) is 66.1 Å². The molecule has 0 fully saturated rings. The highest BCUT2D eigenvalue weighted by Gasteiger charge is 2.20. The lowest BCUT2D eigenvalue weighted by molar-refractivity contribution is 0.0936. The van der Waals surface area contributed by atoms with E-state index >= 15 is 0 Å². The molecule has 0 aliphatic carbocycles. The van der Waals surface area contributed by atoms with Gasteiger partial charge in [0.05, 0.1) is 18.8 Å². The van der Waals surface area contributed by atoms with Crippen LogP contribution in [0.4, 0.5) is 0 Å². The molecule has 4 rings (SSSR count). The second kappa shape index (κ2) is 10.3. The van der Waals surface area contributed by atoms with Gasteiger partial charge < -0.3 is 24.5 Å². The van der Waals surface area contributed by atoms with Crippen LogP contribution in [-0.4, -0.2) is 37.2 Å². The molecule has 1 atom stereocenters. The maximum Gasteiger partial charge on any atom is 0.226 e. The predicted molar refractivity (Wildman–Crippen MR) is 127 cm³/mol. The first-order valence-electron chi connectivity index (χ1n) is 9.56. The molecule has 0 spiro atoms. The first-order valence-corrected chi connectivity index (χ1v) is 9.56. The van der Waals surface area contributed by atoms with Gasteiger partial charge in [-0.2, -0.15) is 0 Å². The summed E-state index contributed by atoms with van der Waals surface area (Å²) >= 11 is 0. The van der Waals surface area contributed by atoms with Crippen molar-refractivity contribution in [3.8, 4) is 23.0 Å². The number of oxazole rings is 1. The van der Waals surface area contributed by atoms with E-state index in [2.05, 4.69) is 27.5 Å². The number of hydrogen-bond donors (Lipinski definition) is 2. The molecule has 1 unspecified atom stereocenters. The van der Waals surface area contributed by atoms with E-state index in [-0.39, 0.29) is 30.1 Å². The van der Waals surface area contributed by atoms with Crippen molar-refractivity contribution < 1.29 is 13.9 Å². The van der Waals surface area contributed by atoms with E-state index < -0.39 is 0 Å². The highest BCUT2D eigenvalue weighted by atomic mass is 127. The molecule has 158 valence electrons. The number of aromatic nitrogens is 1. The van der Waals surface area contributed by atoms with Gasteiger partial charge >= 0.3 is 0 Å². The Balaban J connectivity index is 0.00000256. The van der Waals surface area contributed by atoms with Gasteiger partial charge in [0.2, 0.25) is 5.89 Å². The molecule has 1 aromatic heterocycles. The third-order valence-electron chi connectivity index (χ3n) is 4.58. The van der Waals surface area contributed by atoms with Crippen LogP contribution in [-0.2, 0) is 6.54 Å². The molecule has 7 nitrogen and oxygen atoms in total. The highest BCUT2D eigenvalue weighted by molar-refractivity contribution is 14.0. The Bertz CT molecular complexity index is 988. The van der Waals surface area contributed by atoms with Gasteiger partial charge in [0, 0.05) is 12.6 Å². The van der Waals surface area contributed by atoms with Crippen molar-refractivity contribution in [2.24, 2.45) is 4.99 Å². The van der Waals surface area contributed by atoms with Crippen LogP contribution in [0.2, 0.25) is 0 Å². The van der Waals surface area contributed by atoms with Gasteiger partial charge in [-0.1, -0.05) is 29.8 Å². The molecule has 0 radical (unpaired) electrons. The molecule has 30 heavy (non-hydrogen) atoms. The molecule has 1 aliphatic rings. The van der Waals surface area contributed by atoms with Gasteiger partial charge in [-0.3, -0.25) is 4.99 Å². The van der Waals surface area contributed by atoms with Crippen molar-refractivity contribution in [1.29, 1.82) is 0 Å². The molecule has 8 heteroatoms. The first kappa shape index (κ1) is 21.9. The van der Waals surface area contributed by atoms with Gasteiger partial charge in [0.1, 0.15) is 19.0 Å². The number of nitrogens with zero attached hydrogens (tertiary/aromatic N) is 2. The quantitative estimate of drug-likeness (QED) is 0.303. The number of benzene rings is 2. The molecule has 1 aliphatic heterocycles. The zero-order chi connectivity index (χ0) is 20.1. The van der Waals surface area contributed by atoms with Crippen molar-refractivity contribution in [1.82, 2.24) is 15.6 Å². The lowest BCUT2D eigenvalue weighted by atomic mass is 10.1. The summed E-state index contributed by atoms with van der Waals surface area (Å²) in [6.07, 6.45) is 1.56. The molecule has 2 aromatic carbocycles. The van der Waals surface area contributed by atoms with Gasteiger partial charge in [0.15, 0.2) is 17.5 Å². The number of rotatable bonds is 5. The monoisotopic (exact) mass is 520 g/mol.